The summed E-state index contributed by atoms with van der Waals surface area (Å²) in [5, 5.41) is 0. The quantitative estimate of drug-likeness (QED) is 0.236. The standard InChI is InChI=1S/C18H30O5S.Na/c1-4-5-6-7-8-9-12-17-13-10-11-14-18(17)23-15(2)22-16(3)24(19,20)21;/h10-11,13-16H,4-9,12H2,1-3H3,(H,19,20,21);/q;+1/p-1. The van der Waals surface area contributed by atoms with E-state index in [2.05, 4.69) is 6.92 Å². The molecule has 5 nitrogen and oxygen atoms in total. The molecule has 138 valence electrons. The fourth-order valence-corrected chi connectivity index (χ4v) is 2.76. The normalized spacial score (nSPS) is 13.8. The molecule has 0 aliphatic heterocycles. The summed E-state index contributed by atoms with van der Waals surface area (Å²) in [6.07, 6.45) is 7.42. The first-order valence-electron chi connectivity index (χ1n) is 8.69. The van der Waals surface area contributed by atoms with Crippen molar-refractivity contribution in [3.63, 3.8) is 0 Å². The predicted molar refractivity (Wildman–Crippen MR) is 93.9 cm³/mol. The number of rotatable bonds is 12. The zero-order chi connectivity index (χ0) is 18.0. The first-order valence-corrected chi connectivity index (χ1v) is 10.2. The fraction of sp³-hybridized carbons (Fsp3) is 0.667. The van der Waals surface area contributed by atoms with Crippen molar-refractivity contribution in [1.29, 1.82) is 0 Å². The van der Waals surface area contributed by atoms with Gasteiger partial charge in [0.05, 0.1) is 0 Å². The van der Waals surface area contributed by atoms with Crippen LogP contribution in [0.25, 0.3) is 0 Å². The van der Waals surface area contributed by atoms with Crippen molar-refractivity contribution in [2.45, 2.75) is 77.4 Å². The van der Waals surface area contributed by atoms with E-state index in [0.29, 0.717) is 5.75 Å². The molecule has 0 aromatic heterocycles. The first-order chi connectivity index (χ1) is 11.3. The number of hydrogen-bond donors (Lipinski definition) is 0. The minimum atomic E-state index is -4.48. The van der Waals surface area contributed by atoms with Crippen molar-refractivity contribution >= 4 is 10.1 Å². The smallest absolute Gasteiger partial charge is 0.746 e. The topological polar surface area (TPSA) is 75.7 Å². The van der Waals surface area contributed by atoms with Gasteiger partial charge in [-0.25, -0.2) is 8.42 Å². The van der Waals surface area contributed by atoms with Gasteiger partial charge in [-0.2, -0.15) is 0 Å². The van der Waals surface area contributed by atoms with Gasteiger partial charge in [-0.1, -0.05) is 57.2 Å². The van der Waals surface area contributed by atoms with Gasteiger partial charge in [-0.05, 0) is 38.3 Å². The van der Waals surface area contributed by atoms with E-state index in [-0.39, 0.29) is 29.6 Å². The van der Waals surface area contributed by atoms with Crippen molar-refractivity contribution in [1.82, 2.24) is 0 Å². The SMILES string of the molecule is CCCCCCCCc1ccccc1OC(C)OC(C)S(=O)(=O)[O-].[Na+]. The predicted octanol–water partition coefficient (Wildman–Crippen LogP) is 1.23. The molecule has 0 N–H and O–H groups in total. The molecule has 7 heteroatoms. The number of ether oxygens (including phenoxy) is 2. The van der Waals surface area contributed by atoms with Gasteiger partial charge in [0.1, 0.15) is 21.3 Å². The van der Waals surface area contributed by atoms with Crippen LogP contribution in [0.5, 0.6) is 5.75 Å². The molecule has 0 bridgehead atoms. The van der Waals surface area contributed by atoms with Gasteiger partial charge >= 0.3 is 29.6 Å². The molecule has 0 fully saturated rings. The zero-order valence-corrected chi connectivity index (χ0v) is 18.7. The molecule has 0 saturated heterocycles. The summed E-state index contributed by atoms with van der Waals surface area (Å²) in [4.78, 5) is 0. The maximum absolute atomic E-state index is 10.9. The van der Waals surface area contributed by atoms with Gasteiger partial charge in [0.2, 0.25) is 0 Å². The third-order valence-electron chi connectivity index (χ3n) is 3.86. The van der Waals surface area contributed by atoms with Crippen molar-refractivity contribution in [2.75, 3.05) is 0 Å². The Balaban J connectivity index is 0.00000576. The van der Waals surface area contributed by atoms with Crippen LogP contribution in [0.4, 0.5) is 0 Å². The number of benzene rings is 1. The minimum absolute atomic E-state index is 0. The molecule has 2 atom stereocenters. The fourth-order valence-electron chi connectivity index (χ4n) is 2.47. The number of hydrogen-bond acceptors (Lipinski definition) is 5. The summed E-state index contributed by atoms with van der Waals surface area (Å²) in [6.45, 7) is 5.00. The van der Waals surface area contributed by atoms with Gasteiger partial charge < -0.3 is 14.0 Å². The molecule has 25 heavy (non-hydrogen) atoms. The van der Waals surface area contributed by atoms with E-state index >= 15 is 0 Å². The van der Waals surface area contributed by atoms with Crippen LogP contribution in [-0.4, -0.2) is 24.7 Å². The maximum atomic E-state index is 10.9. The van der Waals surface area contributed by atoms with Gasteiger partial charge in [0, 0.05) is 0 Å². The Labute approximate surface area is 174 Å². The molecule has 0 heterocycles. The number of aryl methyl sites for hydroxylation is 1. The summed E-state index contributed by atoms with van der Waals surface area (Å²) < 4.78 is 43.5. The number of unbranched alkanes of at least 4 members (excludes halogenated alkanes) is 5. The van der Waals surface area contributed by atoms with Gasteiger partial charge in [-0.15, -0.1) is 0 Å². The second-order valence-corrected chi connectivity index (χ2v) is 7.66. The van der Waals surface area contributed by atoms with Crippen LogP contribution in [0.2, 0.25) is 0 Å². The van der Waals surface area contributed by atoms with E-state index < -0.39 is 21.8 Å². The molecule has 1 rings (SSSR count). The Morgan fingerprint density at radius 2 is 1.64 bits per heavy atom. The van der Waals surface area contributed by atoms with E-state index in [0.717, 1.165) is 18.4 Å². The molecule has 0 aliphatic rings. The van der Waals surface area contributed by atoms with Crippen LogP contribution in [0.15, 0.2) is 24.3 Å². The average molecular weight is 380 g/mol. The van der Waals surface area contributed by atoms with Crippen molar-refractivity contribution in [3.05, 3.63) is 29.8 Å². The van der Waals surface area contributed by atoms with Crippen LogP contribution >= 0.6 is 0 Å². The van der Waals surface area contributed by atoms with E-state index in [9.17, 15) is 13.0 Å². The van der Waals surface area contributed by atoms with Gasteiger partial charge in [0.15, 0.2) is 6.29 Å². The first kappa shape index (κ1) is 24.9. The van der Waals surface area contributed by atoms with Crippen LogP contribution in [0, 0.1) is 0 Å². The minimum Gasteiger partial charge on any atom is -0.746 e. The van der Waals surface area contributed by atoms with Crippen molar-refractivity contribution in [3.8, 4) is 5.75 Å². The molecule has 2 unspecified atom stereocenters. The van der Waals surface area contributed by atoms with Crippen molar-refractivity contribution in [2.24, 2.45) is 0 Å². The average Bonchev–Trinajstić information content (AvgIpc) is 2.51. The largest absolute Gasteiger partial charge is 1.00 e. The Kier molecular flexibility index (Phi) is 13.1. The van der Waals surface area contributed by atoms with Gasteiger partial charge in [0.25, 0.3) is 0 Å². The molecule has 0 aliphatic carbocycles. The maximum Gasteiger partial charge on any atom is 1.00 e. The van der Waals surface area contributed by atoms with E-state index in [1.54, 1.807) is 6.92 Å². The third-order valence-corrected chi connectivity index (χ3v) is 4.78. The second-order valence-electron chi connectivity index (χ2n) is 6.01. The van der Waals surface area contributed by atoms with E-state index in [1.165, 1.54) is 39.0 Å². The molecule has 0 saturated carbocycles. The Morgan fingerprint density at radius 1 is 1.04 bits per heavy atom. The van der Waals surface area contributed by atoms with E-state index in [4.69, 9.17) is 9.47 Å². The van der Waals surface area contributed by atoms with Crippen LogP contribution < -0.4 is 34.3 Å². The summed E-state index contributed by atoms with van der Waals surface area (Å²) in [5.74, 6) is 0.675. The Bertz CT molecular complexity index is 577. The second kappa shape index (κ2) is 13.1. The summed E-state index contributed by atoms with van der Waals surface area (Å²) in [7, 11) is -4.48. The molecule has 0 amide bonds. The third kappa shape index (κ3) is 10.6. The van der Waals surface area contributed by atoms with Crippen LogP contribution in [-0.2, 0) is 21.3 Å². The van der Waals surface area contributed by atoms with Gasteiger partial charge in [-0.3, -0.25) is 0 Å². The molecule has 1 aromatic rings. The molecule has 0 spiro atoms. The Hall–Kier alpha value is -0.110. The molecule has 0 radical (unpaired) electrons. The summed E-state index contributed by atoms with van der Waals surface area (Å²) in [5.41, 5.74) is -0.362. The molecular formula is C18H29NaO5S. The monoisotopic (exact) mass is 380 g/mol. The molecule has 1 aromatic carbocycles. The van der Waals surface area contributed by atoms with Crippen LogP contribution in [0.1, 0.15) is 64.9 Å². The van der Waals surface area contributed by atoms with E-state index in [1.807, 2.05) is 24.3 Å². The summed E-state index contributed by atoms with van der Waals surface area (Å²) in [6, 6.07) is 7.65. The van der Waals surface area contributed by atoms with Crippen LogP contribution in [0.3, 0.4) is 0 Å². The molecular weight excluding hydrogens is 351 g/mol. The Morgan fingerprint density at radius 3 is 2.28 bits per heavy atom. The summed E-state index contributed by atoms with van der Waals surface area (Å²) >= 11 is 0. The van der Waals surface area contributed by atoms with Crippen molar-refractivity contribution < 1.29 is 52.0 Å². The number of para-hydroxylation sites is 1. The zero-order valence-electron chi connectivity index (χ0n) is 15.9.